The number of nitrogens with zero attached hydrogens (tertiary/aromatic N) is 2. The molecule has 0 N–H and O–H groups in total. The van der Waals surface area contributed by atoms with Crippen LogP contribution in [0.2, 0.25) is 0 Å². The predicted molar refractivity (Wildman–Crippen MR) is 131 cm³/mol. The lowest BCUT2D eigenvalue weighted by Crippen LogP contribution is -2.50. The van der Waals surface area contributed by atoms with Crippen molar-refractivity contribution in [1.82, 2.24) is 9.80 Å². The fourth-order valence-corrected chi connectivity index (χ4v) is 5.76. The quantitative estimate of drug-likeness (QED) is 0.628. The first-order valence-electron chi connectivity index (χ1n) is 12.5. The molecule has 3 atom stereocenters. The minimum Gasteiger partial charge on any atom is -0.497 e. The van der Waals surface area contributed by atoms with Gasteiger partial charge in [-0.25, -0.2) is 9.69 Å². The molecule has 3 heterocycles. The third-order valence-electron chi connectivity index (χ3n) is 8.03. The van der Waals surface area contributed by atoms with Crippen molar-refractivity contribution in [2.45, 2.75) is 43.7 Å². The summed E-state index contributed by atoms with van der Waals surface area (Å²) in [5.41, 5.74) is 2.16. The zero-order valence-corrected chi connectivity index (χ0v) is 20.5. The van der Waals surface area contributed by atoms with Gasteiger partial charge in [-0.3, -0.25) is 9.69 Å². The van der Waals surface area contributed by atoms with E-state index in [2.05, 4.69) is 11.8 Å². The normalized spacial score (nSPS) is 26.5. The summed E-state index contributed by atoms with van der Waals surface area (Å²) in [6, 6.07) is 17.6. The monoisotopic (exact) mass is 478 g/mol. The second kappa shape index (κ2) is 9.99. The van der Waals surface area contributed by atoms with Crippen LogP contribution in [0.25, 0.3) is 0 Å². The van der Waals surface area contributed by atoms with Crippen LogP contribution >= 0.6 is 0 Å². The van der Waals surface area contributed by atoms with E-state index in [4.69, 9.17) is 14.2 Å². The lowest BCUT2D eigenvalue weighted by Gasteiger charge is -2.42. The van der Waals surface area contributed by atoms with Crippen LogP contribution in [0.3, 0.4) is 0 Å². The maximum absolute atomic E-state index is 14.0. The van der Waals surface area contributed by atoms with Crippen LogP contribution in [0.1, 0.15) is 36.8 Å². The van der Waals surface area contributed by atoms with E-state index >= 15 is 0 Å². The van der Waals surface area contributed by atoms with Crippen LogP contribution in [0.15, 0.2) is 54.6 Å². The molecule has 7 nitrogen and oxygen atoms in total. The van der Waals surface area contributed by atoms with Gasteiger partial charge in [0.05, 0.1) is 19.1 Å². The van der Waals surface area contributed by atoms with Gasteiger partial charge < -0.3 is 14.2 Å². The Morgan fingerprint density at radius 2 is 1.77 bits per heavy atom. The maximum Gasteiger partial charge on any atom is 0.416 e. The molecule has 0 saturated carbocycles. The average molecular weight is 479 g/mol. The number of ether oxygens (including phenoxy) is 3. The van der Waals surface area contributed by atoms with Crippen molar-refractivity contribution in [1.29, 1.82) is 0 Å². The van der Waals surface area contributed by atoms with Gasteiger partial charge in [0.2, 0.25) is 5.91 Å². The first kappa shape index (κ1) is 23.8. The fraction of sp³-hybridized carbons (Fsp3) is 0.500. The van der Waals surface area contributed by atoms with Gasteiger partial charge in [0.25, 0.3) is 0 Å². The van der Waals surface area contributed by atoms with Gasteiger partial charge >= 0.3 is 6.09 Å². The molecule has 3 aliphatic heterocycles. The molecule has 0 radical (unpaired) electrons. The lowest BCUT2D eigenvalue weighted by atomic mass is 9.87. The Bertz CT molecular complexity index is 1040. The standard InChI is InChI=1S/C28H34N2O5/c1-28(12-14-34-15-13-28)29-17-24(21-8-10-23(33-2)11-9-21)25(18-29)26(31)30-22(19-35-27(30)32)16-20-6-4-3-5-7-20/h3-11,22,24-25H,12-19H2,1-2H3/t22-,24+,25-/m1/s1. The summed E-state index contributed by atoms with van der Waals surface area (Å²) in [7, 11) is 1.65. The zero-order valence-electron chi connectivity index (χ0n) is 20.5. The highest BCUT2D eigenvalue weighted by atomic mass is 16.6. The average Bonchev–Trinajstić information content (AvgIpc) is 3.49. The summed E-state index contributed by atoms with van der Waals surface area (Å²) in [4.78, 5) is 30.7. The lowest BCUT2D eigenvalue weighted by molar-refractivity contribution is -0.133. The van der Waals surface area contributed by atoms with Crippen molar-refractivity contribution in [3.63, 3.8) is 0 Å². The van der Waals surface area contributed by atoms with E-state index in [1.807, 2.05) is 54.6 Å². The topological polar surface area (TPSA) is 68.3 Å². The first-order chi connectivity index (χ1) is 17.0. The highest BCUT2D eigenvalue weighted by Crippen LogP contribution is 2.41. The summed E-state index contributed by atoms with van der Waals surface area (Å²) in [5.74, 6) is 0.312. The molecule has 3 saturated heterocycles. The third kappa shape index (κ3) is 4.80. The van der Waals surface area contributed by atoms with Crippen molar-refractivity contribution >= 4 is 12.0 Å². The fourth-order valence-electron chi connectivity index (χ4n) is 5.76. The second-order valence-electron chi connectivity index (χ2n) is 10.1. The molecule has 7 heteroatoms. The highest BCUT2D eigenvalue weighted by Gasteiger charge is 2.49. The molecule has 0 aromatic heterocycles. The van der Waals surface area contributed by atoms with Crippen LogP contribution in [-0.2, 0) is 20.7 Å². The van der Waals surface area contributed by atoms with E-state index < -0.39 is 6.09 Å². The Morgan fingerprint density at radius 1 is 1.06 bits per heavy atom. The van der Waals surface area contributed by atoms with E-state index in [1.54, 1.807) is 7.11 Å². The summed E-state index contributed by atoms with van der Waals surface area (Å²) in [6.45, 7) is 5.36. The van der Waals surface area contributed by atoms with Gasteiger partial charge in [0.1, 0.15) is 12.4 Å². The predicted octanol–water partition coefficient (Wildman–Crippen LogP) is 3.87. The Morgan fingerprint density at radius 3 is 2.46 bits per heavy atom. The van der Waals surface area contributed by atoms with Gasteiger partial charge in [-0.2, -0.15) is 0 Å². The third-order valence-corrected chi connectivity index (χ3v) is 8.03. The number of methoxy groups -OCH3 is 1. The Balaban J connectivity index is 1.42. The molecule has 3 aliphatic rings. The number of benzene rings is 2. The van der Waals surface area contributed by atoms with Crippen molar-refractivity contribution in [2.24, 2.45) is 5.92 Å². The van der Waals surface area contributed by atoms with Crippen LogP contribution in [0.4, 0.5) is 4.79 Å². The molecule has 0 spiro atoms. The highest BCUT2D eigenvalue weighted by molar-refractivity contribution is 5.95. The minimum atomic E-state index is -0.528. The molecule has 2 amide bonds. The number of carbonyl (C=O) groups excluding carboxylic acids is 2. The molecule has 35 heavy (non-hydrogen) atoms. The van der Waals surface area contributed by atoms with Gasteiger partial charge in [-0.1, -0.05) is 42.5 Å². The molecule has 3 fully saturated rings. The van der Waals surface area contributed by atoms with Crippen LogP contribution < -0.4 is 4.74 Å². The van der Waals surface area contributed by atoms with Gasteiger partial charge in [0, 0.05) is 37.8 Å². The Kier molecular flexibility index (Phi) is 6.80. The molecule has 0 aliphatic carbocycles. The number of carbonyl (C=O) groups is 2. The number of cyclic esters (lactones) is 1. The molecule has 2 aromatic carbocycles. The van der Waals surface area contributed by atoms with Crippen molar-refractivity contribution in [3.05, 3.63) is 65.7 Å². The molecule has 2 aromatic rings. The van der Waals surface area contributed by atoms with Gasteiger partial charge in [0.15, 0.2) is 0 Å². The maximum atomic E-state index is 14.0. The molecular formula is C28H34N2O5. The molecule has 0 bridgehead atoms. The summed E-state index contributed by atoms with van der Waals surface area (Å²) in [5, 5.41) is 0. The first-order valence-corrected chi connectivity index (χ1v) is 12.5. The minimum absolute atomic E-state index is 0.0150. The summed E-state index contributed by atoms with van der Waals surface area (Å²) in [6.07, 6.45) is 1.94. The van der Waals surface area contributed by atoms with E-state index in [9.17, 15) is 9.59 Å². The number of hydrogen-bond donors (Lipinski definition) is 0. The van der Waals surface area contributed by atoms with Crippen LogP contribution in [0.5, 0.6) is 5.75 Å². The van der Waals surface area contributed by atoms with Gasteiger partial charge in [-0.05, 0) is 49.4 Å². The molecule has 5 rings (SSSR count). The van der Waals surface area contributed by atoms with E-state index in [-0.39, 0.29) is 35.9 Å². The number of imide groups is 1. The number of amides is 2. The second-order valence-corrected chi connectivity index (χ2v) is 10.1. The largest absolute Gasteiger partial charge is 0.497 e. The van der Waals surface area contributed by atoms with E-state index in [0.29, 0.717) is 13.0 Å². The SMILES string of the molecule is COc1ccc([C@@H]2CN(C3(C)CCOCC3)C[C@H]2C(=O)N2C(=O)OC[C@H]2Cc2ccccc2)cc1. The number of rotatable bonds is 6. The van der Waals surface area contributed by atoms with Crippen molar-refractivity contribution in [3.8, 4) is 5.75 Å². The summed E-state index contributed by atoms with van der Waals surface area (Å²) < 4.78 is 16.4. The summed E-state index contributed by atoms with van der Waals surface area (Å²) >= 11 is 0. The molecule has 0 unspecified atom stereocenters. The van der Waals surface area contributed by atoms with E-state index in [1.165, 1.54) is 4.90 Å². The van der Waals surface area contributed by atoms with Crippen LogP contribution in [0, 0.1) is 5.92 Å². The Hall–Kier alpha value is -2.90. The van der Waals surface area contributed by atoms with Crippen molar-refractivity contribution < 1.29 is 23.8 Å². The van der Waals surface area contributed by atoms with E-state index in [0.717, 1.165) is 49.5 Å². The number of hydrogen-bond acceptors (Lipinski definition) is 6. The van der Waals surface area contributed by atoms with Crippen LogP contribution in [-0.4, -0.2) is 73.4 Å². The number of likely N-dealkylation sites (tertiary alicyclic amines) is 1. The Labute approximate surface area is 206 Å². The van der Waals surface area contributed by atoms with Gasteiger partial charge in [-0.15, -0.1) is 0 Å². The molecule has 186 valence electrons. The zero-order chi connectivity index (χ0) is 24.4. The molecular weight excluding hydrogens is 444 g/mol. The van der Waals surface area contributed by atoms with Crippen molar-refractivity contribution in [2.75, 3.05) is 40.0 Å². The smallest absolute Gasteiger partial charge is 0.416 e.